The van der Waals surface area contributed by atoms with Gasteiger partial charge in [0.2, 0.25) is 0 Å². The molecule has 0 spiro atoms. The molecule has 5 nitrogen and oxygen atoms in total. The number of hydrogen-bond acceptors (Lipinski definition) is 4. The maximum atomic E-state index is 13.2. The van der Waals surface area contributed by atoms with Gasteiger partial charge < -0.3 is 5.32 Å². The second kappa shape index (κ2) is 7.31. The molecule has 3 aromatic rings. The summed E-state index contributed by atoms with van der Waals surface area (Å²) in [7, 11) is -3.86. The summed E-state index contributed by atoms with van der Waals surface area (Å²) in [6.07, 6.45) is 1.48. The fourth-order valence-electron chi connectivity index (χ4n) is 2.35. The van der Waals surface area contributed by atoms with Crippen molar-refractivity contribution in [3.05, 3.63) is 77.2 Å². The van der Waals surface area contributed by atoms with Gasteiger partial charge in [0, 0.05) is 0 Å². The third kappa shape index (κ3) is 4.12. The van der Waals surface area contributed by atoms with Gasteiger partial charge >= 0.3 is 0 Å². The highest BCUT2D eigenvalue weighted by molar-refractivity contribution is 7.92. The van der Waals surface area contributed by atoms with Gasteiger partial charge in [-0.05, 0) is 55.0 Å². The van der Waals surface area contributed by atoms with Crippen molar-refractivity contribution in [2.75, 3.05) is 10.0 Å². The molecule has 0 aliphatic heterocycles. The average Bonchev–Trinajstić information content (AvgIpc) is 2.58. The number of anilines is 3. The largest absolute Gasteiger partial charge is 0.353 e. The van der Waals surface area contributed by atoms with Crippen LogP contribution in [-0.2, 0) is 10.0 Å². The summed E-state index contributed by atoms with van der Waals surface area (Å²) in [5.41, 5.74) is 1.68. The van der Waals surface area contributed by atoms with Gasteiger partial charge in [0.15, 0.2) is 0 Å². The predicted molar refractivity (Wildman–Crippen MR) is 101 cm³/mol. The van der Waals surface area contributed by atoms with Gasteiger partial charge in [0.25, 0.3) is 10.0 Å². The predicted octanol–water partition coefficient (Wildman–Crippen LogP) is 4.73. The van der Waals surface area contributed by atoms with E-state index >= 15 is 0 Å². The number of nitrogens with zero attached hydrogens (tertiary/aromatic N) is 1. The maximum absolute atomic E-state index is 13.2. The zero-order chi connectivity index (χ0) is 18.7. The smallest absolute Gasteiger partial charge is 0.263 e. The molecular weight excluding hydrogens is 377 g/mol. The minimum absolute atomic E-state index is 0.000955. The second-order valence-electron chi connectivity index (χ2n) is 5.55. The third-order valence-corrected chi connectivity index (χ3v) is 5.43. The molecule has 26 heavy (non-hydrogen) atoms. The summed E-state index contributed by atoms with van der Waals surface area (Å²) in [6, 6.07) is 13.9. The molecule has 0 aliphatic carbocycles. The van der Waals surface area contributed by atoms with E-state index in [1.54, 1.807) is 12.1 Å². The lowest BCUT2D eigenvalue weighted by molar-refractivity contribution is 0.598. The van der Waals surface area contributed by atoms with Crippen LogP contribution in [0.3, 0.4) is 0 Å². The van der Waals surface area contributed by atoms with Crippen LogP contribution < -0.4 is 10.0 Å². The molecule has 1 aromatic heterocycles. The van der Waals surface area contributed by atoms with Crippen molar-refractivity contribution < 1.29 is 12.8 Å². The van der Waals surface area contributed by atoms with Crippen molar-refractivity contribution in [3.63, 3.8) is 0 Å². The van der Waals surface area contributed by atoms with Crippen LogP contribution in [0, 0.1) is 12.7 Å². The van der Waals surface area contributed by atoms with Crippen LogP contribution >= 0.6 is 11.6 Å². The van der Waals surface area contributed by atoms with E-state index in [1.165, 1.54) is 31.3 Å². The highest BCUT2D eigenvalue weighted by atomic mass is 35.5. The molecule has 0 saturated heterocycles. The van der Waals surface area contributed by atoms with Gasteiger partial charge in [-0.1, -0.05) is 23.7 Å². The Morgan fingerprint density at radius 2 is 1.85 bits per heavy atom. The fourth-order valence-corrected chi connectivity index (χ4v) is 3.77. The summed E-state index contributed by atoms with van der Waals surface area (Å²) >= 11 is 6.09. The summed E-state index contributed by atoms with van der Waals surface area (Å²) in [6.45, 7) is 1.53. The Morgan fingerprint density at radius 3 is 2.50 bits per heavy atom. The van der Waals surface area contributed by atoms with E-state index in [-0.39, 0.29) is 10.7 Å². The molecule has 2 N–H and O–H groups in total. The summed E-state index contributed by atoms with van der Waals surface area (Å²) in [4.78, 5) is 4.09. The standard InChI is InChI=1S/C18H15ClFN3O2S/c1-12-10-13(20)6-8-17(12)26(24,25)23-18-9-7-14(11-21-18)22-16-5-3-2-4-15(16)19/h2-11,22H,1H3,(H,21,23). The van der Waals surface area contributed by atoms with E-state index in [0.29, 0.717) is 22.0 Å². The minimum atomic E-state index is -3.86. The van der Waals surface area contributed by atoms with Gasteiger partial charge in [-0.3, -0.25) is 4.72 Å². The Morgan fingerprint density at radius 1 is 1.08 bits per heavy atom. The molecule has 0 radical (unpaired) electrons. The van der Waals surface area contributed by atoms with Gasteiger partial charge in [-0.15, -0.1) is 0 Å². The van der Waals surface area contributed by atoms with E-state index in [4.69, 9.17) is 11.6 Å². The molecule has 134 valence electrons. The number of aryl methyl sites for hydroxylation is 1. The molecule has 0 amide bonds. The summed E-state index contributed by atoms with van der Waals surface area (Å²) in [5, 5.41) is 3.66. The molecule has 8 heteroatoms. The molecule has 0 bridgehead atoms. The van der Waals surface area contributed by atoms with Crippen LogP contribution in [-0.4, -0.2) is 13.4 Å². The van der Waals surface area contributed by atoms with Gasteiger partial charge in [-0.2, -0.15) is 0 Å². The lowest BCUT2D eigenvalue weighted by Gasteiger charge is -2.11. The monoisotopic (exact) mass is 391 g/mol. The first kappa shape index (κ1) is 18.2. The lowest BCUT2D eigenvalue weighted by Crippen LogP contribution is -2.15. The Hall–Kier alpha value is -2.64. The van der Waals surface area contributed by atoms with Crippen LogP contribution in [0.25, 0.3) is 0 Å². The highest BCUT2D eigenvalue weighted by Gasteiger charge is 2.17. The van der Waals surface area contributed by atoms with Crippen LogP contribution in [0.2, 0.25) is 5.02 Å². The lowest BCUT2D eigenvalue weighted by atomic mass is 10.2. The van der Waals surface area contributed by atoms with E-state index in [2.05, 4.69) is 15.0 Å². The Bertz CT molecular complexity index is 1040. The van der Waals surface area contributed by atoms with E-state index in [0.717, 1.165) is 6.07 Å². The topological polar surface area (TPSA) is 71.1 Å². The SMILES string of the molecule is Cc1cc(F)ccc1S(=O)(=O)Nc1ccc(Nc2ccccc2Cl)cn1. The first-order chi connectivity index (χ1) is 12.3. The van der Waals surface area contributed by atoms with Gasteiger partial charge in [-0.25, -0.2) is 17.8 Å². The number of halogens is 2. The number of benzene rings is 2. The summed E-state index contributed by atoms with van der Waals surface area (Å²) in [5.74, 6) is -0.340. The van der Waals surface area contributed by atoms with E-state index in [9.17, 15) is 12.8 Å². The van der Waals surface area contributed by atoms with E-state index < -0.39 is 15.8 Å². The molecule has 0 atom stereocenters. The normalized spacial score (nSPS) is 11.2. The molecule has 0 aliphatic rings. The van der Waals surface area contributed by atoms with E-state index in [1.807, 2.05) is 18.2 Å². The van der Waals surface area contributed by atoms with Crippen LogP contribution in [0.15, 0.2) is 65.7 Å². The molecule has 0 saturated carbocycles. The van der Waals surface area contributed by atoms with Crippen molar-refractivity contribution in [1.29, 1.82) is 0 Å². The number of pyridine rings is 1. The number of hydrogen-bond donors (Lipinski definition) is 2. The second-order valence-corrected chi connectivity index (χ2v) is 7.61. The average molecular weight is 392 g/mol. The molecule has 0 unspecified atom stereocenters. The minimum Gasteiger partial charge on any atom is -0.353 e. The van der Waals surface area contributed by atoms with Crippen molar-refractivity contribution >= 4 is 38.8 Å². The van der Waals surface area contributed by atoms with Crippen LogP contribution in [0.5, 0.6) is 0 Å². The van der Waals surface area contributed by atoms with Gasteiger partial charge in [0.1, 0.15) is 11.6 Å². The molecular formula is C18H15ClFN3O2S. The summed E-state index contributed by atoms with van der Waals surface area (Å²) < 4.78 is 40.4. The van der Waals surface area contributed by atoms with Crippen LogP contribution in [0.4, 0.5) is 21.6 Å². The highest BCUT2D eigenvalue weighted by Crippen LogP contribution is 2.25. The number of aromatic nitrogens is 1. The first-order valence-corrected chi connectivity index (χ1v) is 9.48. The molecule has 1 heterocycles. The molecule has 0 fully saturated rings. The van der Waals surface area contributed by atoms with Crippen LogP contribution in [0.1, 0.15) is 5.56 Å². The quantitative estimate of drug-likeness (QED) is 0.659. The van der Waals surface area contributed by atoms with Gasteiger partial charge in [0.05, 0.1) is 27.5 Å². The van der Waals surface area contributed by atoms with Crippen molar-refractivity contribution in [1.82, 2.24) is 4.98 Å². The Balaban J connectivity index is 1.77. The van der Waals surface area contributed by atoms with Crippen molar-refractivity contribution in [2.24, 2.45) is 0 Å². The Labute approximate surface area is 155 Å². The zero-order valence-corrected chi connectivity index (χ0v) is 15.3. The van der Waals surface area contributed by atoms with Crippen molar-refractivity contribution in [3.8, 4) is 0 Å². The fraction of sp³-hybridized carbons (Fsp3) is 0.0556. The zero-order valence-electron chi connectivity index (χ0n) is 13.7. The maximum Gasteiger partial charge on any atom is 0.263 e. The number of rotatable bonds is 5. The number of para-hydroxylation sites is 1. The number of sulfonamides is 1. The third-order valence-electron chi connectivity index (χ3n) is 3.58. The van der Waals surface area contributed by atoms with Crippen molar-refractivity contribution in [2.45, 2.75) is 11.8 Å². The number of nitrogens with one attached hydrogen (secondary N) is 2. The Kier molecular flexibility index (Phi) is 5.11. The molecule has 2 aromatic carbocycles. The first-order valence-electron chi connectivity index (χ1n) is 7.62. The molecule has 3 rings (SSSR count).